The van der Waals surface area contributed by atoms with Crippen molar-refractivity contribution in [2.75, 3.05) is 13.2 Å². The zero-order valence-electron chi connectivity index (χ0n) is 9.20. The summed E-state index contributed by atoms with van der Waals surface area (Å²) in [6, 6.07) is 0. The molecule has 2 N–H and O–H groups in total. The summed E-state index contributed by atoms with van der Waals surface area (Å²) in [6.45, 7) is 5.74. The Balaban J connectivity index is 2.47. The van der Waals surface area contributed by atoms with Crippen LogP contribution in [0.5, 0.6) is 0 Å². The molecule has 0 aliphatic heterocycles. The van der Waals surface area contributed by atoms with Gasteiger partial charge in [0.25, 0.3) is 0 Å². The van der Waals surface area contributed by atoms with Crippen LogP contribution < -0.4 is 5.32 Å². The monoisotopic (exact) mass is 231 g/mol. The lowest BCUT2D eigenvalue weighted by atomic mass is 9.99. The Morgan fingerprint density at radius 3 is 2.87 bits per heavy atom. The van der Waals surface area contributed by atoms with Gasteiger partial charge in [0.2, 0.25) is 0 Å². The normalized spacial score (nSPS) is 15.2. The third kappa shape index (κ3) is 3.81. The highest BCUT2D eigenvalue weighted by Gasteiger charge is 2.21. The fraction of sp³-hybridized carbons (Fsp3) is 0.700. The average molecular weight is 232 g/mol. The van der Waals surface area contributed by atoms with Crippen LogP contribution in [0.2, 0.25) is 5.02 Å². The van der Waals surface area contributed by atoms with Crippen LogP contribution in [-0.4, -0.2) is 33.6 Å². The molecule has 1 aromatic heterocycles. The molecular weight excluding hydrogens is 214 g/mol. The van der Waals surface area contributed by atoms with Crippen molar-refractivity contribution in [2.24, 2.45) is 0 Å². The highest BCUT2D eigenvalue weighted by Crippen LogP contribution is 2.11. The SMILES string of the molecule is CCNC(C)(CO)CCn1cc(Cl)cn1. The van der Waals surface area contributed by atoms with Gasteiger partial charge in [-0.25, -0.2) is 0 Å². The number of halogens is 1. The third-order valence-corrected chi connectivity index (χ3v) is 2.64. The molecule has 0 saturated carbocycles. The molecule has 1 aromatic rings. The van der Waals surface area contributed by atoms with Crippen LogP contribution in [0, 0.1) is 0 Å². The summed E-state index contributed by atoms with van der Waals surface area (Å²) in [6.07, 6.45) is 4.21. The molecule has 0 aliphatic rings. The van der Waals surface area contributed by atoms with Crippen LogP contribution in [-0.2, 0) is 6.54 Å². The Labute approximate surface area is 95.2 Å². The highest BCUT2D eigenvalue weighted by atomic mass is 35.5. The Bertz CT molecular complexity index is 303. The summed E-state index contributed by atoms with van der Waals surface area (Å²) in [5.41, 5.74) is -0.243. The van der Waals surface area contributed by atoms with Crippen molar-refractivity contribution in [3.8, 4) is 0 Å². The summed E-state index contributed by atoms with van der Waals surface area (Å²) >= 11 is 5.76. The standard InChI is InChI=1S/C10H18ClN3O/c1-3-12-10(2,8-15)4-5-14-7-9(11)6-13-14/h6-7,12,15H,3-5,8H2,1-2H3. The van der Waals surface area contributed by atoms with Crippen LogP contribution in [0.25, 0.3) is 0 Å². The fourth-order valence-corrected chi connectivity index (χ4v) is 1.63. The van der Waals surface area contributed by atoms with E-state index in [0.29, 0.717) is 5.02 Å². The maximum atomic E-state index is 9.28. The zero-order chi connectivity index (χ0) is 11.3. The van der Waals surface area contributed by atoms with Crippen molar-refractivity contribution in [1.82, 2.24) is 15.1 Å². The molecular formula is C10H18ClN3O. The maximum absolute atomic E-state index is 9.28. The lowest BCUT2D eigenvalue weighted by Crippen LogP contribution is -2.46. The Kier molecular flexibility index (Phi) is 4.57. The molecule has 0 aromatic carbocycles. The minimum absolute atomic E-state index is 0.121. The van der Waals surface area contributed by atoms with E-state index in [1.54, 1.807) is 17.1 Å². The van der Waals surface area contributed by atoms with Gasteiger partial charge in [-0.3, -0.25) is 4.68 Å². The van der Waals surface area contributed by atoms with Crippen molar-refractivity contribution < 1.29 is 5.11 Å². The van der Waals surface area contributed by atoms with Gasteiger partial charge in [-0.1, -0.05) is 18.5 Å². The van der Waals surface area contributed by atoms with Gasteiger partial charge in [0.1, 0.15) is 0 Å². The Hall–Kier alpha value is -0.580. The minimum Gasteiger partial charge on any atom is -0.394 e. The van der Waals surface area contributed by atoms with E-state index >= 15 is 0 Å². The van der Waals surface area contributed by atoms with Gasteiger partial charge in [-0.15, -0.1) is 0 Å². The van der Waals surface area contributed by atoms with Crippen LogP contribution in [0.1, 0.15) is 20.3 Å². The van der Waals surface area contributed by atoms with E-state index in [1.165, 1.54) is 0 Å². The lowest BCUT2D eigenvalue weighted by Gasteiger charge is -2.28. The Morgan fingerprint density at radius 2 is 2.40 bits per heavy atom. The number of aliphatic hydroxyl groups is 1. The molecule has 0 bridgehead atoms. The molecule has 1 atom stereocenters. The topological polar surface area (TPSA) is 50.1 Å². The summed E-state index contributed by atoms with van der Waals surface area (Å²) in [4.78, 5) is 0. The summed E-state index contributed by atoms with van der Waals surface area (Å²) < 4.78 is 1.79. The number of aromatic nitrogens is 2. The van der Waals surface area contributed by atoms with E-state index in [9.17, 15) is 5.11 Å². The molecule has 4 nitrogen and oxygen atoms in total. The first-order valence-corrected chi connectivity index (χ1v) is 5.51. The quantitative estimate of drug-likeness (QED) is 0.776. The number of likely N-dealkylation sites (N-methyl/N-ethyl adjacent to an activating group) is 1. The van der Waals surface area contributed by atoms with E-state index in [-0.39, 0.29) is 12.1 Å². The molecule has 86 valence electrons. The number of nitrogens with zero attached hydrogens (tertiary/aromatic N) is 2. The van der Waals surface area contributed by atoms with Crippen molar-refractivity contribution in [3.63, 3.8) is 0 Å². The molecule has 1 unspecified atom stereocenters. The molecule has 1 rings (SSSR count). The van der Waals surface area contributed by atoms with Gasteiger partial charge in [-0.05, 0) is 19.9 Å². The van der Waals surface area contributed by atoms with Gasteiger partial charge in [-0.2, -0.15) is 5.10 Å². The summed E-state index contributed by atoms with van der Waals surface area (Å²) in [5.74, 6) is 0. The van der Waals surface area contributed by atoms with Gasteiger partial charge in [0.15, 0.2) is 0 Å². The van der Waals surface area contributed by atoms with Gasteiger partial charge in [0.05, 0.1) is 17.8 Å². The first kappa shape index (κ1) is 12.5. The number of aryl methyl sites for hydroxylation is 1. The number of nitrogens with one attached hydrogen (secondary N) is 1. The first-order chi connectivity index (χ1) is 7.09. The van der Waals surface area contributed by atoms with Crippen LogP contribution in [0.3, 0.4) is 0 Å². The number of hydrogen-bond donors (Lipinski definition) is 2. The van der Waals surface area contributed by atoms with Crippen molar-refractivity contribution in [2.45, 2.75) is 32.4 Å². The number of aliphatic hydroxyl groups excluding tert-OH is 1. The second-order valence-electron chi connectivity index (χ2n) is 3.92. The summed E-state index contributed by atoms with van der Waals surface area (Å²) in [7, 11) is 0. The third-order valence-electron chi connectivity index (χ3n) is 2.45. The van der Waals surface area contributed by atoms with Crippen LogP contribution >= 0.6 is 11.6 Å². The molecule has 1 heterocycles. The molecule has 0 amide bonds. The smallest absolute Gasteiger partial charge is 0.0785 e. The Morgan fingerprint density at radius 1 is 1.67 bits per heavy atom. The van der Waals surface area contributed by atoms with Crippen LogP contribution in [0.15, 0.2) is 12.4 Å². The van der Waals surface area contributed by atoms with Crippen molar-refractivity contribution >= 4 is 11.6 Å². The summed E-state index contributed by atoms with van der Waals surface area (Å²) in [5, 5.41) is 17.3. The molecule has 0 spiro atoms. The molecule has 0 fully saturated rings. The van der Waals surface area contributed by atoms with Crippen molar-refractivity contribution in [3.05, 3.63) is 17.4 Å². The highest BCUT2D eigenvalue weighted by molar-refractivity contribution is 6.30. The fourth-order valence-electron chi connectivity index (χ4n) is 1.47. The van der Waals surface area contributed by atoms with E-state index in [2.05, 4.69) is 10.4 Å². The molecule has 15 heavy (non-hydrogen) atoms. The van der Waals surface area contributed by atoms with Gasteiger partial charge >= 0.3 is 0 Å². The van der Waals surface area contributed by atoms with E-state index in [1.807, 2.05) is 13.8 Å². The minimum atomic E-state index is -0.243. The molecule has 5 heteroatoms. The number of hydrogen-bond acceptors (Lipinski definition) is 3. The van der Waals surface area contributed by atoms with Gasteiger partial charge < -0.3 is 10.4 Å². The van der Waals surface area contributed by atoms with E-state index in [4.69, 9.17) is 11.6 Å². The van der Waals surface area contributed by atoms with Crippen molar-refractivity contribution in [1.29, 1.82) is 0 Å². The average Bonchev–Trinajstić information content (AvgIpc) is 2.62. The molecule has 0 saturated heterocycles. The molecule has 0 aliphatic carbocycles. The first-order valence-electron chi connectivity index (χ1n) is 5.13. The lowest BCUT2D eigenvalue weighted by molar-refractivity contribution is 0.161. The number of rotatable bonds is 6. The predicted molar refractivity (Wildman–Crippen MR) is 61.0 cm³/mol. The predicted octanol–water partition coefficient (Wildman–Crippen LogP) is 1.29. The second-order valence-corrected chi connectivity index (χ2v) is 4.36. The molecule has 0 radical (unpaired) electrons. The van der Waals surface area contributed by atoms with Crippen LogP contribution in [0.4, 0.5) is 0 Å². The largest absolute Gasteiger partial charge is 0.394 e. The van der Waals surface area contributed by atoms with E-state index < -0.39 is 0 Å². The van der Waals surface area contributed by atoms with E-state index in [0.717, 1.165) is 19.5 Å². The maximum Gasteiger partial charge on any atom is 0.0785 e. The zero-order valence-corrected chi connectivity index (χ0v) is 9.96. The van der Waals surface area contributed by atoms with Gasteiger partial charge in [0, 0.05) is 18.3 Å². The second kappa shape index (κ2) is 5.49.